The summed E-state index contributed by atoms with van der Waals surface area (Å²) < 4.78 is 5.03. The third kappa shape index (κ3) is 3.57. The van der Waals surface area contributed by atoms with Crippen LogP contribution in [0.4, 0.5) is 11.5 Å². The molecule has 1 atom stereocenters. The first kappa shape index (κ1) is 18.7. The van der Waals surface area contributed by atoms with Gasteiger partial charge in [0.05, 0.1) is 12.2 Å². The van der Waals surface area contributed by atoms with E-state index in [1.54, 1.807) is 42.3 Å². The highest BCUT2D eigenvalue weighted by molar-refractivity contribution is 6.11. The number of carbonyl (C=O) groups is 2. The van der Waals surface area contributed by atoms with Crippen molar-refractivity contribution in [2.45, 2.75) is 20.0 Å². The van der Waals surface area contributed by atoms with Gasteiger partial charge in [-0.2, -0.15) is 0 Å². The van der Waals surface area contributed by atoms with Gasteiger partial charge in [0.25, 0.3) is 5.91 Å². The Morgan fingerprint density at radius 2 is 1.86 bits per heavy atom. The lowest BCUT2D eigenvalue weighted by atomic mass is 10.1. The average molecular weight is 387 g/mol. The van der Waals surface area contributed by atoms with Gasteiger partial charge in [0.15, 0.2) is 0 Å². The van der Waals surface area contributed by atoms with Crippen LogP contribution >= 0.6 is 0 Å². The van der Waals surface area contributed by atoms with E-state index in [1.807, 2.05) is 43.3 Å². The fourth-order valence-corrected chi connectivity index (χ4v) is 3.37. The highest BCUT2D eigenvalue weighted by atomic mass is 16.5. The highest BCUT2D eigenvalue weighted by Gasteiger charge is 2.38. The predicted molar refractivity (Wildman–Crippen MR) is 111 cm³/mol. The number of ether oxygens (including phenoxy) is 1. The molecule has 0 bridgehead atoms. The van der Waals surface area contributed by atoms with Gasteiger partial charge in [-0.05, 0) is 55.8 Å². The molecule has 0 radical (unpaired) electrons. The monoisotopic (exact) mass is 387 g/mol. The van der Waals surface area contributed by atoms with Gasteiger partial charge in [-0.3, -0.25) is 9.69 Å². The molecule has 0 saturated carbocycles. The van der Waals surface area contributed by atoms with Crippen molar-refractivity contribution in [3.05, 3.63) is 89.1 Å². The van der Waals surface area contributed by atoms with Gasteiger partial charge in [0, 0.05) is 23.0 Å². The zero-order chi connectivity index (χ0) is 20.4. The molecule has 0 fully saturated rings. The van der Waals surface area contributed by atoms with E-state index in [2.05, 4.69) is 10.3 Å². The van der Waals surface area contributed by atoms with Gasteiger partial charge in [0.2, 0.25) is 0 Å². The quantitative estimate of drug-likeness (QED) is 0.660. The molecule has 0 unspecified atom stereocenters. The van der Waals surface area contributed by atoms with Crippen LogP contribution in [-0.2, 0) is 4.74 Å². The number of aromatic nitrogens is 1. The molecule has 0 aliphatic carbocycles. The first-order valence-electron chi connectivity index (χ1n) is 9.47. The molecule has 3 aromatic rings. The molecular formula is C23H21N3O3. The third-order valence-electron chi connectivity index (χ3n) is 4.80. The van der Waals surface area contributed by atoms with Crippen molar-refractivity contribution in [2.75, 3.05) is 16.8 Å². The van der Waals surface area contributed by atoms with Gasteiger partial charge < -0.3 is 10.1 Å². The Morgan fingerprint density at radius 3 is 2.55 bits per heavy atom. The number of amides is 1. The first-order valence-corrected chi connectivity index (χ1v) is 9.47. The Hall–Kier alpha value is -3.67. The molecule has 6 heteroatoms. The van der Waals surface area contributed by atoms with Crippen molar-refractivity contribution in [3.8, 4) is 0 Å². The van der Waals surface area contributed by atoms with Crippen LogP contribution in [0.2, 0.25) is 0 Å². The Bertz CT molecular complexity index is 1050. The summed E-state index contributed by atoms with van der Waals surface area (Å²) in [7, 11) is 0. The Balaban J connectivity index is 1.66. The topological polar surface area (TPSA) is 71.5 Å². The van der Waals surface area contributed by atoms with E-state index < -0.39 is 6.17 Å². The number of fused-ring (bicyclic) bond motifs is 1. The van der Waals surface area contributed by atoms with Crippen LogP contribution in [0.25, 0.3) is 0 Å². The standard InChI is InChI=1S/C23H21N3O3/c1-3-29-23(28)16-9-11-17(12-10-16)25-21-18-6-4-5-7-19(18)22(27)26(21)20-13-8-15(2)14-24-20/h4-14,21,25H,3H2,1-2H3/t21-/m1/s1. The Labute approximate surface area is 169 Å². The number of nitrogens with one attached hydrogen (secondary N) is 1. The number of carbonyl (C=O) groups excluding carboxylic acids is 2. The number of benzene rings is 2. The minimum Gasteiger partial charge on any atom is -0.462 e. The lowest BCUT2D eigenvalue weighted by Crippen LogP contribution is -2.32. The van der Waals surface area contributed by atoms with E-state index >= 15 is 0 Å². The molecule has 1 N–H and O–H groups in total. The fourth-order valence-electron chi connectivity index (χ4n) is 3.37. The van der Waals surface area contributed by atoms with Gasteiger partial charge in [-0.25, -0.2) is 9.78 Å². The molecular weight excluding hydrogens is 366 g/mol. The van der Waals surface area contributed by atoms with E-state index in [1.165, 1.54) is 0 Å². The smallest absolute Gasteiger partial charge is 0.338 e. The van der Waals surface area contributed by atoms with Crippen LogP contribution < -0.4 is 10.2 Å². The molecule has 4 rings (SSSR count). The SMILES string of the molecule is CCOC(=O)c1ccc(N[C@H]2c3ccccc3C(=O)N2c2ccc(C)cn2)cc1. The second-order valence-electron chi connectivity index (χ2n) is 6.80. The van der Waals surface area contributed by atoms with Gasteiger partial charge in [0.1, 0.15) is 12.0 Å². The summed E-state index contributed by atoms with van der Waals surface area (Å²) in [5.74, 6) is 0.126. The van der Waals surface area contributed by atoms with E-state index in [-0.39, 0.29) is 11.9 Å². The summed E-state index contributed by atoms with van der Waals surface area (Å²) in [4.78, 5) is 31.1. The first-order chi connectivity index (χ1) is 14.1. The number of esters is 1. The van der Waals surface area contributed by atoms with Crippen LogP contribution in [-0.4, -0.2) is 23.5 Å². The zero-order valence-electron chi connectivity index (χ0n) is 16.3. The average Bonchev–Trinajstić information content (AvgIpc) is 3.01. The minimum atomic E-state index is -0.401. The molecule has 2 heterocycles. The maximum atomic E-state index is 13.1. The van der Waals surface area contributed by atoms with E-state index in [0.717, 1.165) is 16.8 Å². The number of rotatable bonds is 5. The minimum absolute atomic E-state index is 0.0994. The summed E-state index contributed by atoms with van der Waals surface area (Å²) in [6, 6.07) is 18.3. The summed E-state index contributed by atoms with van der Waals surface area (Å²) in [5, 5.41) is 3.40. The number of nitrogens with zero attached hydrogens (tertiary/aromatic N) is 2. The van der Waals surface area contributed by atoms with Crippen molar-refractivity contribution >= 4 is 23.4 Å². The van der Waals surface area contributed by atoms with Gasteiger partial charge in [-0.15, -0.1) is 0 Å². The molecule has 1 aromatic heterocycles. The normalized spacial score (nSPS) is 15.2. The van der Waals surface area contributed by atoms with E-state index in [4.69, 9.17) is 4.74 Å². The maximum absolute atomic E-state index is 13.1. The molecule has 29 heavy (non-hydrogen) atoms. The molecule has 0 saturated heterocycles. The van der Waals surface area contributed by atoms with Crippen LogP contribution in [0.5, 0.6) is 0 Å². The van der Waals surface area contributed by atoms with Crippen molar-refractivity contribution < 1.29 is 14.3 Å². The molecule has 6 nitrogen and oxygen atoms in total. The zero-order valence-corrected chi connectivity index (χ0v) is 16.3. The molecule has 1 aliphatic heterocycles. The third-order valence-corrected chi connectivity index (χ3v) is 4.80. The van der Waals surface area contributed by atoms with Gasteiger partial charge in [-0.1, -0.05) is 24.3 Å². The van der Waals surface area contributed by atoms with Crippen LogP contribution in [0, 0.1) is 6.92 Å². The van der Waals surface area contributed by atoms with Crippen LogP contribution in [0.15, 0.2) is 66.9 Å². The number of aryl methyl sites for hydroxylation is 1. The number of hydrogen-bond acceptors (Lipinski definition) is 5. The van der Waals surface area contributed by atoms with E-state index in [9.17, 15) is 9.59 Å². The largest absolute Gasteiger partial charge is 0.462 e. The maximum Gasteiger partial charge on any atom is 0.338 e. The van der Waals surface area contributed by atoms with E-state index in [0.29, 0.717) is 23.6 Å². The predicted octanol–water partition coefficient (Wildman–Crippen LogP) is 4.34. The molecule has 2 aromatic carbocycles. The lowest BCUT2D eigenvalue weighted by molar-refractivity contribution is 0.0526. The Kier molecular flexibility index (Phi) is 4.99. The van der Waals surface area contributed by atoms with Crippen LogP contribution in [0.1, 0.15) is 44.9 Å². The van der Waals surface area contributed by atoms with Crippen molar-refractivity contribution in [1.29, 1.82) is 0 Å². The highest BCUT2D eigenvalue weighted by Crippen LogP contribution is 2.37. The van der Waals surface area contributed by atoms with Crippen LogP contribution in [0.3, 0.4) is 0 Å². The number of anilines is 2. The summed E-state index contributed by atoms with van der Waals surface area (Å²) >= 11 is 0. The molecule has 1 aliphatic rings. The number of pyridine rings is 1. The number of hydrogen-bond donors (Lipinski definition) is 1. The summed E-state index contributed by atoms with van der Waals surface area (Å²) in [5.41, 5.74) is 3.82. The lowest BCUT2D eigenvalue weighted by Gasteiger charge is -2.26. The van der Waals surface area contributed by atoms with Crippen molar-refractivity contribution in [1.82, 2.24) is 4.98 Å². The van der Waals surface area contributed by atoms with Crippen molar-refractivity contribution in [3.63, 3.8) is 0 Å². The van der Waals surface area contributed by atoms with Crippen molar-refractivity contribution in [2.24, 2.45) is 0 Å². The second kappa shape index (κ2) is 7.75. The fraction of sp³-hybridized carbons (Fsp3) is 0.174. The van der Waals surface area contributed by atoms with Gasteiger partial charge >= 0.3 is 5.97 Å². The summed E-state index contributed by atoms with van der Waals surface area (Å²) in [6.07, 6.45) is 1.35. The second-order valence-corrected chi connectivity index (χ2v) is 6.80. The molecule has 1 amide bonds. The molecule has 146 valence electrons. The molecule has 0 spiro atoms. The Morgan fingerprint density at radius 1 is 1.10 bits per heavy atom. The summed E-state index contributed by atoms with van der Waals surface area (Å²) in [6.45, 7) is 4.06.